The highest BCUT2D eigenvalue weighted by Crippen LogP contribution is 2.24. The van der Waals surface area contributed by atoms with Crippen LogP contribution in [-0.4, -0.2) is 24.5 Å². The minimum absolute atomic E-state index is 0.779. The highest BCUT2D eigenvalue weighted by atomic mass is 16.3. The molecule has 0 aliphatic heterocycles. The number of furan rings is 1. The maximum absolute atomic E-state index is 5.55. The van der Waals surface area contributed by atoms with E-state index in [-0.39, 0.29) is 0 Å². The van der Waals surface area contributed by atoms with Crippen molar-refractivity contribution < 1.29 is 4.42 Å². The molecular formula is C15H26N2O. The predicted molar refractivity (Wildman–Crippen MR) is 74.4 cm³/mol. The monoisotopic (exact) mass is 250 g/mol. The van der Waals surface area contributed by atoms with E-state index in [1.54, 1.807) is 0 Å². The Labute approximate surface area is 111 Å². The molecule has 2 rings (SSSR count). The summed E-state index contributed by atoms with van der Waals surface area (Å²) in [4.78, 5) is 2.61. The van der Waals surface area contributed by atoms with E-state index in [0.717, 1.165) is 31.4 Å². The molecular weight excluding hydrogens is 224 g/mol. The van der Waals surface area contributed by atoms with Crippen LogP contribution >= 0.6 is 0 Å². The van der Waals surface area contributed by atoms with Crippen molar-refractivity contribution in [3.63, 3.8) is 0 Å². The molecule has 0 bridgehead atoms. The molecule has 1 N–H and O–H groups in total. The summed E-state index contributed by atoms with van der Waals surface area (Å²) in [6, 6.07) is 2.90. The van der Waals surface area contributed by atoms with Crippen molar-refractivity contribution >= 4 is 0 Å². The fourth-order valence-corrected chi connectivity index (χ4v) is 2.99. The predicted octanol–water partition coefficient (Wildman–Crippen LogP) is 3.15. The summed E-state index contributed by atoms with van der Waals surface area (Å²) in [5, 5.41) is 3.17. The number of rotatable bonds is 6. The van der Waals surface area contributed by atoms with Crippen LogP contribution in [0.5, 0.6) is 0 Å². The molecule has 1 saturated carbocycles. The van der Waals surface area contributed by atoms with Gasteiger partial charge >= 0.3 is 0 Å². The SMILES string of the molecule is CCN(Cc1ccoc1CNC)C1CCCCC1. The van der Waals surface area contributed by atoms with Crippen molar-refractivity contribution in [3.05, 3.63) is 23.7 Å². The summed E-state index contributed by atoms with van der Waals surface area (Å²) >= 11 is 0. The fourth-order valence-electron chi connectivity index (χ4n) is 2.99. The molecule has 1 aliphatic rings. The largest absolute Gasteiger partial charge is 0.468 e. The zero-order valence-electron chi connectivity index (χ0n) is 11.7. The van der Waals surface area contributed by atoms with Gasteiger partial charge in [0.2, 0.25) is 0 Å². The van der Waals surface area contributed by atoms with Crippen molar-refractivity contribution in [2.24, 2.45) is 0 Å². The molecule has 0 aromatic carbocycles. The Morgan fingerprint density at radius 3 is 2.78 bits per heavy atom. The third-order valence-corrected chi connectivity index (χ3v) is 4.05. The molecule has 0 amide bonds. The van der Waals surface area contributed by atoms with E-state index in [2.05, 4.69) is 23.2 Å². The van der Waals surface area contributed by atoms with Gasteiger partial charge in [-0.05, 0) is 32.5 Å². The number of hydrogen-bond acceptors (Lipinski definition) is 3. The quantitative estimate of drug-likeness (QED) is 0.840. The molecule has 1 fully saturated rings. The number of nitrogens with zero attached hydrogens (tertiary/aromatic N) is 1. The third-order valence-electron chi connectivity index (χ3n) is 4.05. The van der Waals surface area contributed by atoms with Crippen molar-refractivity contribution in [1.82, 2.24) is 10.2 Å². The van der Waals surface area contributed by atoms with Gasteiger partial charge in [0.1, 0.15) is 5.76 Å². The summed E-state index contributed by atoms with van der Waals surface area (Å²) in [7, 11) is 1.96. The number of nitrogens with one attached hydrogen (secondary N) is 1. The summed E-state index contributed by atoms with van der Waals surface area (Å²) in [5.74, 6) is 1.09. The molecule has 18 heavy (non-hydrogen) atoms. The molecule has 0 unspecified atom stereocenters. The van der Waals surface area contributed by atoms with Crippen LogP contribution in [0.15, 0.2) is 16.7 Å². The van der Waals surface area contributed by atoms with Gasteiger partial charge < -0.3 is 9.73 Å². The molecule has 1 heterocycles. The molecule has 1 aromatic rings. The smallest absolute Gasteiger partial charge is 0.122 e. The topological polar surface area (TPSA) is 28.4 Å². The van der Waals surface area contributed by atoms with E-state index in [1.807, 2.05) is 13.3 Å². The standard InChI is InChI=1S/C15H26N2O/c1-3-17(14-7-5-4-6-8-14)12-13-9-10-18-15(13)11-16-2/h9-10,14,16H,3-8,11-12H2,1-2H3. The van der Waals surface area contributed by atoms with E-state index in [1.165, 1.54) is 37.7 Å². The van der Waals surface area contributed by atoms with Gasteiger partial charge in [0, 0.05) is 18.2 Å². The zero-order chi connectivity index (χ0) is 12.8. The first-order valence-corrected chi connectivity index (χ1v) is 7.29. The zero-order valence-corrected chi connectivity index (χ0v) is 11.7. The van der Waals surface area contributed by atoms with Gasteiger partial charge in [0.05, 0.1) is 12.8 Å². The fraction of sp³-hybridized carbons (Fsp3) is 0.733. The molecule has 1 aromatic heterocycles. The first-order chi connectivity index (χ1) is 8.85. The van der Waals surface area contributed by atoms with E-state index in [4.69, 9.17) is 4.42 Å². The third kappa shape index (κ3) is 3.36. The minimum Gasteiger partial charge on any atom is -0.468 e. The Balaban J connectivity index is 1.98. The molecule has 102 valence electrons. The van der Waals surface area contributed by atoms with E-state index in [9.17, 15) is 0 Å². The molecule has 0 saturated heterocycles. The number of hydrogen-bond donors (Lipinski definition) is 1. The summed E-state index contributed by atoms with van der Waals surface area (Å²) < 4.78 is 5.55. The molecule has 0 radical (unpaired) electrons. The molecule has 0 spiro atoms. The van der Waals surface area contributed by atoms with E-state index >= 15 is 0 Å². The van der Waals surface area contributed by atoms with Crippen LogP contribution in [0.1, 0.15) is 50.4 Å². The van der Waals surface area contributed by atoms with Crippen LogP contribution in [-0.2, 0) is 13.1 Å². The lowest BCUT2D eigenvalue weighted by Crippen LogP contribution is -2.36. The van der Waals surface area contributed by atoms with Crippen LogP contribution in [0.4, 0.5) is 0 Å². The highest BCUT2D eigenvalue weighted by Gasteiger charge is 2.21. The van der Waals surface area contributed by atoms with Crippen molar-refractivity contribution in [2.45, 2.75) is 58.2 Å². The second kappa shape index (κ2) is 6.95. The average molecular weight is 250 g/mol. The van der Waals surface area contributed by atoms with Crippen LogP contribution in [0.25, 0.3) is 0 Å². The molecule has 0 atom stereocenters. The Hall–Kier alpha value is -0.800. The van der Waals surface area contributed by atoms with Gasteiger partial charge in [-0.15, -0.1) is 0 Å². The van der Waals surface area contributed by atoms with Crippen molar-refractivity contribution in [3.8, 4) is 0 Å². The van der Waals surface area contributed by atoms with Crippen molar-refractivity contribution in [1.29, 1.82) is 0 Å². The Kier molecular flexibility index (Phi) is 5.26. The maximum atomic E-state index is 5.55. The highest BCUT2D eigenvalue weighted by molar-refractivity contribution is 5.17. The van der Waals surface area contributed by atoms with Crippen molar-refractivity contribution in [2.75, 3.05) is 13.6 Å². The Morgan fingerprint density at radius 2 is 2.11 bits per heavy atom. The molecule has 3 heteroatoms. The van der Waals surface area contributed by atoms with Gasteiger partial charge in [0.15, 0.2) is 0 Å². The van der Waals surface area contributed by atoms with Gasteiger partial charge in [-0.3, -0.25) is 4.90 Å². The van der Waals surface area contributed by atoms with Gasteiger partial charge in [0.25, 0.3) is 0 Å². The van der Waals surface area contributed by atoms with Gasteiger partial charge in [-0.2, -0.15) is 0 Å². The lowest BCUT2D eigenvalue weighted by Gasteiger charge is -2.33. The maximum Gasteiger partial charge on any atom is 0.122 e. The minimum atomic E-state index is 0.779. The Morgan fingerprint density at radius 1 is 1.33 bits per heavy atom. The van der Waals surface area contributed by atoms with E-state index < -0.39 is 0 Å². The second-order valence-corrected chi connectivity index (χ2v) is 5.25. The van der Waals surface area contributed by atoms with Crippen LogP contribution in [0.2, 0.25) is 0 Å². The summed E-state index contributed by atoms with van der Waals surface area (Å²) in [5.41, 5.74) is 1.34. The molecule has 1 aliphatic carbocycles. The van der Waals surface area contributed by atoms with Crippen LogP contribution in [0, 0.1) is 0 Å². The average Bonchev–Trinajstić information content (AvgIpc) is 2.85. The van der Waals surface area contributed by atoms with Crippen LogP contribution < -0.4 is 5.32 Å². The van der Waals surface area contributed by atoms with E-state index in [0.29, 0.717) is 0 Å². The normalized spacial score (nSPS) is 17.5. The first kappa shape index (κ1) is 13.6. The second-order valence-electron chi connectivity index (χ2n) is 5.25. The van der Waals surface area contributed by atoms with Gasteiger partial charge in [-0.1, -0.05) is 26.2 Å². The molecule has 3 nitrogen and oxygen atoms in total. The summed E-state index contributed by atoms with van der Waals surface area (Å²) in [6.07, 6.45) is 8.77. The van der Waals surface area contributed by atoms with Gasteiger partial charge in [-0.25, -0.2) is 0 Å². The lowest BCUT2D eigenvalue weighted by molar-refractivity contribution is 0.155. The van der Waals surface area contributed by atoms with Crippen LogP contribution in [0.3, 0.4) is 0 Å². The first-order valence-electron chi connectivity index (χ1n) is 7.29. The Bertz CT molecular complexity index is 342. The lowest BCUT2D eigenvalue weighted by atomic mass is 9.94. The summed E-state index contributed by atoms with van der Waals surface area (Å²) in [6.45, 7) is 5.26.